The minimum atomic E-state index is 0.425. The Morgan fingerprint density at radius 3 is 1.33 bits per heavy atom. The Balaban J connectivity index is 1.24. The summed E-state index contributed by atoms with van der Waals surface area (Å²) in [7, 11) is 0. The Kier molecular flexibility index (Phi) is 4.67. The van der Waals surface area contributed by atoms with Gasteiger partial charge in [0.2, 0.25) is 23.6 Å². The van der Waals surface area contributed by atoms with Gasteiger partial charge in [-0.15, -0.1) is 20.4 Å². The van der Waals surface area contributed by atoms with Crippen molar-refractivity contribution >= 4 is 21.5 Å². The molecule has 0 aliphatic heterocycles. The van der Waals surface area contributed by atoms with Crippen LogP contribution in [0.25, 0.3) is 67.4 Å². The summed E-state index contributed by atoms with van der Waals surface area (Å²) in [5, 5.41) is 21.6. The van der Waals surface area contributed by atoms with Crippen LogP contribution in [-0.2, 0) is 0 Å². The van der Waals surface area contributed by atoms with E-state index in [1.807, 2.05) is 72.8 Å². The zero-order valence-corrected chi connectivity index (χ0v) is 19.0. The molecule has 0 fully saturated rings. The van der Waals surface area contributed by atoms with E-state index in [9.17, 15) is 0 Å². The molecule has 7 aromatic rings. The number of rotatable bonds is 4. The third-order valence-electron chi connectivity index (χ3n) is 6.25. The molecule has 7 rings (SSSR count). The Labute approximate surface area is 205 Å². The molecule has 6 nitrogen and oxygen atoms in total. The standard InChI is InChI=1S/C30H18N4O2/c1-3-14-23-19(8-1)10-6-16-25(23)29-33-31-27(35-29)21-12-5-13-22(18-21)28-32-34-30(36-28)26-17-7-11-20-9-2-4-15-24(20)26/h1-18H. The molecule has 0 saturated heterocycles. The molecule has 0 radical (unpaired) electrons. The molecule has 0 spiro atoms. The third-order valence-corrected chi connectivity index (χ3v) is 6.25. The Morgan fingerprint density at radius 1 is 0.389 bits per heavy atom. The first-order chi connectivity index (χ1) is 17.8. The third kappa shape index (κ3) is 3.44. The number of hydrogen-bond donors (Lipinski definition) is 0. The van der Waals surface area contributed by atoms with Gasteiger partial charge in [0.15, 0.2) is 0 Å². The molecule has 0 bridgehead atoms. The summed E-state index contributed by atoms with van der Waals surface area (Å²) in [5.74, 6) is 1.80. The lowest BCUT2D eigenvalue weighted by molar-refractivity contribution is 0.583. The maximum Gasteiger partial charge on any atom is 0.248 e. The molecule has 0 saturated carbocycles. The summed E-state index contributed by atoms with van der Waals surface area (Å²) in [6, 6.07) is 36.0. The second-order valence-corrected chi connectivity index (χ2v) is 8.46. The van der Waals surface area contributed by atoms with Crippen molar-refractivity contribution in [3.8, 4) is 45.8 Å². The molecule has 0 N–H and O–H groups in total. The Hall–Kier alpha value is -5.10. The van der Waals surface area contributed by atoms with Crippen LogP contribution in [0.2, 0.25) is 0 Å². The first-order valence-electron chi connectivity index (χ1n) is 11.6. The molecule has 36 heavy (non-hydrogen) atoms. The van der Waals surface area contributed by atoms with Gasteiger partial charge in [0.05, 0.1) is 0 Å². The summed E-state index contributed by atoms with van der Waals surface area (Å²) >= 11 is 0. The lowest BCUT2D eigenvalue weighted by atomic mass is 10.0. The fourth-order valence-electron chi connectivity index (χ4n) is 4.51. The van der Waals surface area contributed by atoms with Crippen molar-refractivity contribution in [3.05, 3.63) is 109 Å². The van der Waals surface area contributed by atoms with Gasteiger partial charge in [0, 0.05) is 22.3 Å². The van der Waals surface area contributed by atoms with Crippen molar-refractivity contribution in [1.29, 1.82) is 0 Å². The van der Waals surface area contributed by atoms with E-state index in [0.29, 0.717) is 23.6 Å². The van der Waals surface area contributed by atoms with Gasteiger partial charge in [-0.2, -0.15) is 0 Å². The monoisotopic (exact) mass is 466 g/mol. The van der Waals surface area contributed by atoms with Crippen molar-refractivity contribution in [1.82, 2.24) is 20.4 Å². The van der Waals surface area contributed by atoms with Gasteiger partial charge in [0.1, 0.15) is 0 Å². The minimum absolute atomic E-state index is 0.425. The molecule has 0 unspecified atom stereocenters. The number of nitrogens with zero attached hydrogens (tertiary/aromatic N) is 4. The average molecular weight is 467 g/mol. The van der Waals surface area contributed by atoms with E-state index in [-0.39, 0.29) is 0 Å². The molecule has 2 heterocycles. The Bertz CT molecular complexity index is 1730. The fourth-order valence-corrected chi connectivity index (χ4v) is 4.51. The second-order valence-electron chi connectivity index (χ2n) is 8.46. The number of benzene rings is 5. The van der Waals surface area contributed by atoms with Gasteiger partial charge in [-0.05, 0) is 51.9 Å². The largest absolute Gasteiger partial charge is 0.416 e. The van der Waals surface area contributed by atoms with Crippen LogP contribution in [0.1, 0.15) is 0 Å². The van der Waals surface area contributed by atoms with E-state index >= 15 is 0 Å². The highest BCUT2D eigenvalue weighted by Gasteiger charge is 2.16. The van der Waals surface area contributed by atoms with Gasteiger partial charge in [-0.3, -0.25) is 0 Å². The number of fused-ring (bicyclic) bond motifs is 2. The van der Waals surface area contributed by atoms with Crippen LogP contribution in [0, 0.1) is 0 Å². The van der Waals surface area contributed by atoms with Crippen molar-refractivity contribution in [3.63, 3.8) is 0 Å². The molecule has 0 amide bonds. The molecular formula is C30H18N4O2. The first-order valence-corrected chi connectivity index (χ1v) is 11.6. The lowest BCUT2D eigenvalue weighted by Crippen LogP contribution is -1.82. The van der Waals surface area contributed by atoms with E-state index in [1.165, 1.54) is 0 Å². The van der Waals surface area contributed by atoms with Crippen molar-refractivity contribution in [2.24, 2.45) is 0 Å². The van der Waals surface area contributed by atoms with Crippen molar-refractivity contribution in [2.75, 3.05) is 0 Å². The zero-order valence-electron chi connectivity index (χ0n) is 19.0. The normalized spacial score (nSPS) is 11.3. The van der Waals surface area contributed by atoms with Crippen LogP contribution >= 0.6 is 0 Å². The van der Waals surface area contributed by atoms with Crippen molar-refractivity contribution < 1.29 is 8.83 Å². The SMILES string of the molecule is c1cc(-c2nnc(-c3cccc4ccccc34)o2)cc(-c2nnc(-c3cccc4ccccc34)o2)c1. The van der Waals surface area contributed by atoms with E-state index in [0.717, 1.165) is 43.8 Å². The quantitative estimate of drug-likeness (QED) is 0.268. The van der Waals surface area contributed by atoms with Crippen molar-refractivity contribution in [2.45, 2.75) is 0 Å². The highest BCUT2D eigenvalue weighted by molar-refractivity contribution is 5.95. The number of hydrogen-bond acceptors (Lipinski definition) is 6. The topological polar surface area (TPSA) is 77.8 Å². The second kappa shape index (κ2) is 8.29. The number of aromatic nitrogens is 4. The zero-order chi connectivity index (χ0) is 23.9. The summed E-state index contributed by atoms with van der Waals surface area (Å²) in [6.07, 6.45) is 0. The molecule has 2 aromatic heterocycles. The highest BCUT2D eigenvalue weighted by Crippen LogP contribution is 2.33. The van der Waals surface area contributed by atoms with Crippen LogP contribution in [0.3, 0.4) is 0 Å². The molecule has 170 valence electrons. The predicted octanol–water partition coefficient (Wildman–Crippen LogP) is 7.43. The summed E-state index contributed by atoms with van der Waals surface area (Å²) < 4.78 is 12.2. The van der Waals surface area contributed by atoms with Gasteiger partial charge >= 0.3 is 0 Å². The van der Waals surface area contributed by atoms with E-state index in [4.69, 9.17) is 8.83 Å². The predicted molar refractivity (Wildman–Crippen MR) is 139 cm³/mol. The van der Waals surface area contributed by atoms with Gasteiger partial charge in [-0.1, -0.05) is 78.9 Å². The minimum Gasteiger partial charge on any atom is -0.416 e. The summed E-state index contributed by atoms with van der Waals surface area (Å²) in [5.41, 5.74) is 3.35. The molecule has 6 heteroatoms. The van der Waals surface area contributed by atoms with Gasteiger partial charge < -0.3 is 8.83 Å². The van der Waals surface area contributed by atoms with Crippen LogP contribution < -0.4 is 0 Å². The molecule has 0 atom stereocenters. The molecule has 5 aromatic carbocycles. The maximum atomic E-state index is 6.09. The van der Waals surface area contributed by atoms with Gasteiger partial charge in [-0.25, -0.2) is 0 Å². The molecular weight excluding hydrogens is 448 g/mol. The van der Waals surface area contributed by atoms with Crippen LogP contribution in [0.4, 0.5) is 0 Å². The maximum absolute atomic E-state index is 6.09. The van der Waals surface area contributed by atoms with Crippen LogP contribution in [-0.4, -0.2) is 20.4 Å². The van der Waals surface area contributed by atoms with Gasteiger partial charge in [0.25, 0.3) is 0 Å². The molecule has 0 aliphatic rings. The first kappa shape index (κ1) is 20.3. The van der Waals surface area contributed by atoms with E-state index < -0.39 is 0 Å². The lowest BCUT2D eigenvalue weighted by Gasteiger charge is -2.02. The fraction of sp³-hybridized carbons (Fsp3) is 0. The summed E-state index contributed by atoms with van der Waals surface area (Å²) in [6.45, 7) is 0. The highest BCUT2D eigenvalue weighted by atomic mass is 16.4. The van der Waals surface area contributed by atoms with E-state index in [2.05, 4.69) is 56.8 Å². The smallest absolute Gasteiger partial charge is 0.248 e. The Morgan fingerprint density at radius 2 is 0.806 bits per heavy atom. The van der Waals surface area contributed by atoms with Crippen LogP contribution in [0.15, 0.2) is 118 Å². The van der Waals surface area contributed by atoms with Crippen LogP contribution in [0.5, 0.6) is 0 Å². The van der Waals surface area contributed by atoms with E-state index in [1.54, 1.807) is 0 Å². The molecule has 0 aliphatic carbocycles. The summed E-state index contributed by atoms with van der Waals surface area (Å²) in [4.78, 5) is 0. The average Bonchev–Trinajstić information content (AvgIpc) is 3.63.